The van der Waals surface area contributed by atoms with E-state index in [0.29, 0.717) is 24.5 Å². The summed E-state index contributed by atoms with van der Waals surface area (Å²) in [7, 11) is 0. The molecule has 1 aromatic heterocycles. The predicted molar refractivity (Wildman–Crippen MR) is 72.1 cm³/mol. The van der Waals surface area contributed by atoms with Crippen LogP contribution in [-0.2, 0) is 0 Å². The van der Waals surface area contributed by atoms with Gasteiger partial charge in [-0.25, -0.2) is 4.98 Å². The molecule has 1 aromatic rings. The van der Waals surface area contributed by atoms with Gasteiger partial charge in [0.2, 0.25) is 11.8 Å². The van der Waals surface area contributed by atoms with E-state index < -0.39 is 0 Å². The average molecular weight is 250 g/mol. The molecule has 18 heavy (non-hydrogen) atoms. The van der Waals surface area contributed by atoms with Crippen LogP contribution in [0.25, 0.3) is 0 Å². The first-order valence-electron chi connectivity index (χ1n) is 6.73. The summed E-state index contributed by atoms with van der Waals surface area (Å²) in [6.07, 6.45) is 3.47. The Balaban J connectivity index is 2.02. The topological polar surface area (TPSA) is 59.1 Å². The molecule has 5 heteroatoms. The number of anilines is 1. The van der Waals surface area contributed by atoms with Crippen LogP contribution in [0.2, 0.25) is 0 Å². The van der Waals surface area contributed by atoms with Crippen LogP contribution < -0.4 is 15.4 Å². The van der Waals surface area contributed by atoms with Crippen LogP contribution in [0, 0.1) is 6.92 Å². The molecule has 2 heterocycles. The van der Waals surface area contributed by atoms with Gasteiger partial charge < -0.3 is 15.4 Å². The first-order valence-corrected chi connectivity index (χ1v) is 6.73. The normalized spacial score (nSPS) is 20.2. The maximum absolute atomic E-state index is 5.44. The summed E-state index contributed by atoms with van der Waals surface area (Å²) in [4.78, 5) is 8.80. The molecule has 1 fully saturated rings. The molecule has 0 radical (unpaired) electrons. The van der Waals surface area contributed by atoms with E-state index in [0.717, 1.165) is 31.6 Å². The number of rotatable bonds is 4. The average Bonchev–Trinajstić information content (AvgIpc) is 2.57. The van der Waals surface area contributed by atoms with E-state index in [1.807, 2.05) is 19.9 Å². The van der Waals surface area contributed by atoms with E-state index in [1.165, 1.54) is 6.42 Å². The molecular weight excluding hydrogens is 228 g/mol. The first kappa shape index (κ1) is 13.1. The van der Waals surface area contributed by atoms with Crippen molar-refractivity contribution in [2.24, 2.45) is 0 Å². The van der Waals surface area contributed by atoms with Gasteiger partial charge in [-0.1, -0.05) is 0 Å². The van der Waals surface area contributed by atoms with Gasteiger partial charge in [0.1, 0.15) is 0 Å². The van der Waals surface area contributed by atoms with E-state index in [-0.39, 0.29) is 0 Å². The minimum Gasteiger partial charge on any atom is -0.478 e. The highest BCUT2D eigenvalue weighted by Crippen LogP contribution is 2.15. The number of aryl methyl sites for hydroxylation is 1. The van der Waals surface area contributed by atoms with Gasteiger partial charge in [0.15, 0.2) is 0 Å². The third-order valence-electron chi connectivity index (χ3n) is 3.03. The molecule has 5 nitrogen and oxygen atoms in total. The SMILES string of the molecule is CCOc1cc(C)nc(NC2CCCNCC2)n1. The number of hydrogen-bond donors (Lipinski definition) is 2. The molecule has 2 rings (SSSR count). The molecule has 1 atom stereocenters. The molecule has 1 saturated heterocycles. The molecule has 0 bridgehead atoms. The summed E-state index contributed by atoms with van der Waals surface area (Å²) in [6, 6.07) is 2.32. The van der Waals surface area contributed by atoms with Gasteiger partial charge in [0.05, 0.1) is 6.61 Å². The number of nitrogens with one attached hydrogen (secondary N) is 2. The van der Waals surface area contributed by atoms with Crippen molar-refractivity contribution in [1.29, 1.82) is 0 Å². The third-order valence-corrected chi connectivity index (χ3v) is 3.03. The molecule has 1 aliphatic heterocycles. The quantitative estimate of drug-likeness (QED) is 0.852. The van der Waals surface area contributed by atoms with E-state index >= 15 is 0 Å². The Morgan fingerprint density at radius 2 is 2.28 bits per heavy atom. The van der Waals surface area contributed by atoms with Gasteiger partial charge in [-0.05, 0) is 46.2 Å². The smallest absolute Gasteiger partial charge is 0.226 e. The van der Waals surface area contributed by atoms with Crippen molar-refractivity contribution >= 4 is 5.95 Å². The van der Waals surface area contributed by atoms with Gasteiger partial charge in [0.25, 0.3) is 0 Å². The summed E-state index contributed by atoms with van der Waals surface area (Å²) in [6.45, 7) is 6.72. The van der Waals surface area contributed by atoms with Gasteiger partial charge in [-0.15, -0.1) is 0 Å². The highest BCUT2D eigenvalue weighted by atomic mass is 16.5. The zero-order valence-corrected chi connectivity index (χ0v) is 11.2. The fraction of sp³-hybridized carbons (Fsp3) is 0.692. The number of nitrogens with zero attached hydrogens (tertiary/aromatic N) is 2. The largest absolute Gasteiger partial charge is 0.478 e. The molecular formula is C13H22N4O. The van der Waals surface area contributed by atoms with Crippen molar-refractivity contribution in [3.63, 3.8) is 0 Å². The fourth-order valence-corrected chi connectivity index (χ4v) is 2.17. The highest BCUT2D eigenvalue weighted by molar-refractivity contribution is 5.31. The second-order valence-corrected chi connectivity index (χ2v) is 4.63. The zero-order chi connectivity index (χ0) is 12.8. The molecule has 1 unspecified atom stereocenters. The summed E-state index contributed by atoms with van der Waals surface area (Å²) in [5.41, 5.74) is 0.933. The van der Waals surface area contributed by atoms with Crippen LogP contribution in [0.4, 0.5) is 5.95 Å². The summed E-state index contributed by atoms with van der Waals surface area (Å²) in [5, 5.41) is 6.82. The zero-order valence-electron chi connectivity index (χ0n) is 11.2. The molecule has 1 aliphatic rings. The molecule has 0 amide bonds. The van der Waals surface area contributed by atoms with Crippen molar-refractivity contribution in [2.45, 2.75) is 39.2 Å². The van der Waals surface area contributed by atoms with Gasteiger partial charge in [-0.2, -0.15) is 4.98 Å². The van der Waals surface area contributed by atoms with Gasteiger partial charge >= 0.3 is 0 Å². The lowest BCUT2D eigenvalue weighted by Gasteiger charge is -2.16. The Kier molecular flexibility index (Phi) is 4.75. The molecule has 0 saturated carbocycles. The fourth-order valence-electron chi connectivity index (χ4n) is 2.17. The van der Waals surface area contributed by atoms with E-state index in [1.54, 1.807) is 0 Å². The van der Waals surface area contributed by atoms with Crippen LogP contribution >= 0.6 is 0 Å². The second kappa shape index (κ2) is 6.54. The Morgan fingerprint density at radius 1 is 1.39 bits per heavy atom. The summed E-state index contributed by atoms with van der Waals surface area (Å²) < 4.78 is 5.44. The van der Waals surface area contributed by atoms with Crippen LogP contribution in [0.5, 0.6) is 5.88 Å². The molecule has 0 aromatic carbocycles. The summed E-state index contributed by atoms with van der Waals surface area (Å²) in [5.74, 6) is 1.34. The van der Waals surface area contributed by atoms with Crippen LogP contribution in [-0.4, -0.2) is 35.7 Å². The predicted octanol–water partition coefficient (Wildman–Crippen LogP) is 1.74. The van der Waals surface area contributed by atoms with Crippen molar-refractivity contribution in [2.75, 3.05) is 25.0 Å². The first-order chi connectivity index (χ1) is 8.78. The molecule has 0 aliphatic carbocycles. The van der Waals surface area contributed by atoms with Crippen LogP contribution in [0.3, 0.4) is 0 Å². The van der Waals surface area contributed by atoms with Crippen LogP contribution in [0.15, 0.2) is 6.07 Å². The van der Waals surface area contributed by atoms with Crippen molar-refractivity contribution in [3.05, 3.63) is 11.8 Å². The third kappa shape index (κ3) is 3.84. The number of aromatic nitrogens is 2. The molecule has 0 spiro atoms. The lowest BCUT2D eigenvalue weighted by molar-refractivity contribution is 0.326. The Hall–Kier alpha value is -1.36. The minimum absolute atomic E-state index is 0.455. The number of ether oxygens (including phenoxy) is 1. The van der Waals surface area contributed by atoms with Gasteiger partial charge in [0, 0.05) is 17.8 Å². The molecule has 2 N–H and O–H groups in total. The maximum atomic E-state index is 5.44. The lowest BCUT2D eigenvalue weighted by Crippen LogP contribution is -2.23. The Bertz CT molecular complexity index is 375. The minimum atomic E-state index is 0.455. The lowest BCUT2D eigenvalue weighted by atomic mass is 10.1. The van der Waals surface area contributed by atoms with Crippen LogP contribution in [0.1, 0.15) is 31.9 Å². The van der Waals surface area contributed by atoms with Gasteiger partial charge in [-0.3, -0.25) is 0 Å². The second-order valence-electron chi connectivity index (χ2n) is 4.63. The van der Waals surface area contributed by atoms with Crippen molar-refractivity contribution < 1.29 is 4.74 Å². The maximum Gasteiger partial charge on any atom is 0.226 e. The van der Waals surface area contributed by atoms with E-state index in [2.05, 4.69) is 20.6 Å². The van der Waals surface area contributed by atoms with E-state index in [9.17, 15) is 0 Å². The van der Waals surface area contributed by atoms with Crippen molar-refractivity contribution in [1.82, 2.24) is 15.3 Å². The standard InChI is InChI=1S/C13H22N4O/c1-3-18-12-9-10(2)15-13(17-12)16-11-5-4-7-14-8-6-11/h9,11,14H,3-8H2,1-2H3,(H,15,16,17). The number of hydrogen-bond acceptors (Lipinski definition) is 5. The monoisotopic (exact) mass is 250 g/mol. The van der Waals surface area contributed by atoms with E-state index in [4.69, 9.17) is 4.74 Å². The summed E-state index contributed by atoms with van der Waals surface area (Å²) >= 11 is 0. The highest BCUT2D eigenvalue weighted by Gasteiger charge is 2.13. The van der Waals surface area contributed by atoms with Crippen molar-refractivity contribution in [3.8, 4) is 5.88 Å². The molecule has 100 valence electrons. The Labute approximate surface area is 108 Å². The Morgan fingerprint density at radius 3 is 3.11 bits per heavy atom.